The minimum absolute atomic E-state index is 0.0274. The van der Waals surface area contributed by atoms with Crippen LogP contribution in [0, 0.1) is 23.2 Å². The summed E-state index contributed by atoms with van der Waals surface area (Å²) in [5.41, 5.74) is -0.342. The Morgan fingerprint density at radius 1 is 1.41 bits per heavy atom. The zero-order valence-electron chi connectivity index (χ0n) is 13.1. The molecule has 2 aliphatic carbocycles. The van der Waals surface area contributed by atoms with Crippen molar-refractivity contribution in [3.05, 3.63) is 0 Å². The molecule has 2 heterocycles. The maximum absolute atomic E-state index is 12.8. The summed E-state index contributed by atoms with van der Waals surface area (Å²) in [5.74, 6) is 1.84. The van der Waals surface area contributed by atoms with Gasteiger partial charge in [0.2, 0.25) is 0 Å². The van der Waals surface area contributed by atoms with E-state index in [2.05, 4.69) is 36.6 Å². The molecule has 2 saturated carbocycles. The predicted octanol–water partition coefficient (Wildman–Crippen LogP) is -1.04. The van der Waals surface area contributed by atoms with Crippen LogP contribution in [0.4, 0.5) is 0 Å². The number of hydrogen-bond donors (Lipinski definition) is 2. The predicted molar refractivity (Wildman–Crippen MR) is 85.4 cm³/mol. The Balaban J connectivity index is 1.51. The molecule has 0 aromatic heterocycles. The van der Waals surface area contributed by atoms with Crippen LogP contribution in [0.15, 0.2) is 0 Å². The first-order valence-corrected chi connectivity index (χ1v) is 11.2. The number of nitrogens with one attached hydrogen (secondary N) is 2. The Morgan fingerprint density at radius 2 is 2.14 bits per heavy atom. The molecule has 2 bridgehead atoms. The van der Waals surface area contributed by atoms with Crippen LogP contribution in [0.25, 0.3) is 0 Å². The minimum atomic E-state index is -0.641. The number of esters is 1. The third-order valence-corrected chi connectivity index (χ3v) is 10.9. The number of rotatable bonds is 3. The van der Waals surface area contributed by atoms with Crippen molar-refractivity contribution in [3.8, 4) is 0 Å². The Labute approximate surface area is 156 Å². The number of hydrogen-bond acceptors (Lipinski definition) is 5. The van der Waals surface area contributed by atoms with E-state index >= 15 is 0 Å². The van der Waals surface area contributed by atoms with Crippen LogP contribution in [-0.4, -0.2) is 28.0 Å². The summed E-state index contributed by atoms with van der Waals surface area (Å²) in [4.78, 5) is 12.8. The molecule has 0 spiro atoms. The number of ether oxygens (including phenoxy) is 2. The first-order chi connectivity index (χ1) is 10.3. The van der Waals surface area contributed by atoms with Gasteiger partial charge in [0.1, 0.15) is 0 Å². The maximum atomic E-state index is 12.8. The molecular weight excluding hydrogens is 510 g/mol. The molecule has 0 aromatic rings. The Bertz CT molecular complexity index is 511. The Morgan fingerprint density at radius 3 is 2.77 bits per heavy atom. The summed E-state index contributed by atoms with van der Waals surface area (Å²) < 4.78 is 18.0. The van der Waals surface area contributed by atoms with Crippen LogP contribution in [0.5, 0.6) is 0 Å². The first kappa shape index (κ1) is 16.3. The second-order valence-electron chi connectivity index (χ2n) is 7.72. The van der Waals surface area contributed by atoms with Crippen LogP contribution in [0.1, 0.15) is 40.0 Å². The molecule has 4 aliphatic rings. The fourth-order valence-electron chi connectivity index (χ4n) is 4.75. The van der Waals surface area contributed by atoms with Crippen LogP contribution in [-0.2, 0) is 14.3 Å². The zero-order valence-corrected chi connectivity index (χ0v) is 17.4. The molecule has 4 fully saturated rings. The molecular formula is C15H23I2N2O3-. The molecule has 0 aromatic carbocycles. The number of halogens is 2. The summed E-state index contributed by atoms with van der Waals surface area (Å²) in [6.45, 7) is 7.01. The van der Waals surface area contributed by atoms with E-state index in [1.165, 1.54) is 19.3 Å². The molecule has 6 atom stereocenters. The van der Waals surface area contributed by atoms with Crippen molar-refractivity contribution >= 4 is 28.6 Å². The van der Waals surface area contributed by atoms with E-state index < -0.39 is 3.42 Å². The van der Waals surface area contributed by atoms with Crippen molar-refractivity contribution in [1.82, 2.24) is 7.06 Å². The van der Waals surface area contributed by atoms with Gasteiger partial charge in [0.25, 0.3) is 0 Å². The fraction of sp³-hybridized carbons (Fsp3) is 0.933. The molecule has 7 heteroatoms. The van der Waals surface area contributed by atoms with Gasteiger partial charge in [-0.3, -0.25) is 0 Å². The summed E-state index contributed by atoms with van der Waals surface area (Å²) in [5, 5.41) is 0. The van der Waals surface area contributed by atoms with E-state index in [4.69, 9.17) is 9.47 Å². The monoisotopic (exact) mass is 533 g/mol. The van der Waals surface area contributed by atoms with E-state index in [0.717, 1.165) is 12.5 Å². The molecule has 2 aliphatic heterocycles. The third-order valence-electron chi connectivity index (χ3n) is 6.66. The van der Waals surface area contributed by atoms with E-state index in [0.29, 0.717) is 11.8 Å². The normalized spacial score (nSPS) is 48.0. The molecule has 22 heavy (non-hydrogen) atoms. The number of carbonyl (C=O) groups excluding carboxylic acids is 1. The SMILES string of the molecule is CC12C3CCC(C3)C1COC2OC(=O)C(C)(I)C1(C)N[I-]N1. The first-order valence-electron chi connectivity index (χ1n) is 7.98. The van der Waals surface area contributed by atoms with Gasteiger partial charge >= 0.3 is 157 Å². The summed E-state index contributed by atoms with van der Waals surface area (Å²) in [6, 6.07) is 0. The van der Waals surface area contributed by atoms with Crippen LogP contribution < -0.4 is 28.8 Å². The van der Waals surface area contributed by atoms with Gasteiger partial charge in [-0.05, 0) is 0 Å². The molecule has 5 nitrogen and oxygen atoms in total. The van der Waals surface area contributed by atoms with Crippen molar-refractivity contribution in [1.29, 1.82) is 0 Å². The van der Waals surface area contributed by atoms with Gasteiger partial charge in [-0.15, -0.1) is 0 Å². The molecule has 126 valence electrons. The Kier molecular flexibility index (Phi) is 3.82. The summed E-state index contributed by atoms with van der Waals surface area (Å²) >= 11 is 2.04. The van der Waals surface area contributed by atoms with Crippen molar-refractivity contribution in [3.63, 3.8) is 0 Å². The molecule has 0 amide bonds. The van der Waals surface area contributed by atoms with Gasteiger partial charge in [0.15, 0.2) is 0 Å². The number of alkyl halides is 1. The van der Waals surface area contributed by atoms with Crippen molar-refractivity contribution < 1.29 is 36.0 Å². The molecule has 2 N–H and O–H groups in total. The van der Waals surface area contributed by atoms with E-state index in [9.17, 15) is 4.79 Å². The van der Waals surface area contributed by atoms with Crippen LogP contribution in [0.3, 0.4) is 0 Å². The van der Waals surface area contributed by atoms with Gasteiger partial charge in [0, 0.05) is 0 Å². The second kappa shape index (κ2) is 5.15. The van der Waals surface area contributed by atoms with Gasteiger partial charge in [-0.25, -0.2) is 0 Å². The fourth-order valence-corrected chi connectivity index (χ4v) is 8.34. The molecule has 0 radical (unpaired) electrons. The summed E-state index contributed by atoms with van der Waals surface area (Å²) in [6.07, 6.45) is 3.52. The summed E-state index contributed by atoms with van der Waals surface area (Å²) in [7, 11) is 0. The van der Waals surface area contributed by atoms with Gasteiger partial charge in [0.05, 0.1) is 0 Å². The quantitative estimate of drug-likeness (QED) is 0.210. The second-order valence-corrected chi connectivity index (χ2v) is 11.5. The topological polar surface area (TPSA) is 59.6 Å². The van der Waals surface area contributed by atoms with Gasteiger partial charge < -0.3 is 0 Å². The van der Waals surface area contributed by atoms with Crippen LogP contribution >= 0.6 is 22.6 Å². The Hall–Kier alpha value is 0.810. The molecule has 6 unspecified atom stereocenters. The molecule has 4 rings (SSSR count). The van der Waals surface area contributed by atoms with Gasteiger partial charge in [-0.2, -0.15) is 0 Å². The van der Waals surface area contributed by atoms with E-state index in [1.54, 1.807) is 0 Å². The average molecular weight is 533 g/mol. The van der Waals surface area contributed by atoms with Crippen molar-refractivity contribution in [2.24, 2.45) is 23.2 Å². The third kappa shape index (κ3) is 2.01. The standard InChI is InChI=1S/C15H23I2N2O3/c1-13-9-5-4-8(6-9)10(13)7-21-12(13)22-11(20)14(2,16)15(3)18-17-19-15/h8-10,12,18-19H,4-7H2,1-3H3/q-1. The zero-order chi connectivity index (χ0) is 15.8. The van der Waals surface area contributed by atoms with E-state index in [-0.39, 0.29) is 45.1 Å². The van der Waals surface area contributed by atoms with Crippen LogP contribution in [0.2, 0.25) is 0 Å². The average Bonchev–Trinajstić information content (AvgIpc) is 3.08. The van der Waals surface area contributed by atoms with Crippen molar-refractivity contribution in [2.75, 3.05) is 6.61 Å². The van der Waals surface area contributed by atoms with Gasteiger partial charge in [-0.1, -0.05) is 0 Å². The number of carbonyl (C=O) groups is 1. The number of fused-ring (bicyclic) bond motifs is 5. The molecule has 2 saturated heterocycles. The van der Waals surface area contributed by atoms with Crippen molar-refractivity contribution in [2.45, 2.75) is 55.4 Å². The van der Waals surface area contributed by atoms with E-state index in [1.807, 2.05) is 13.8 Å².